The highest BCUT2D eigenvalue weighted by Gasteiger charge is 2.25. The van der Waals surface area contributed by atoms with Crippen LogP contribution in [0.5, 0.6) is 0 Å². The molecule has 1 saturated heterocycles. The Labute approximate surface area is 145 Å². The number of likely N-dealkylation sites (tertiary alicyclic amines) is 1. The standard InChI is InChI=1S/C18H22N2O3S/c1-13(21)17-9-14(12-24-17)10-18(22)19-11-15(16-5-4-8-23-16)20-6-2-3-7-20/h4-5,8-9,12,15H,2-3,6-7,10-11H2,1H3,(H,19,22). The van der Waals surface area contributed by atoms with Crippen LogP contribution in [0.2, 0.25) is 0 Å². The molecule has 5 nitrogen and oxygen atoms in total. The molecular weight excluding hydrogens is 324 g/mol. The maximum Gasteiger partial charge on any atom is 0.224 e. The zero-order valence-electron chi connectivity index (χ0n) is 13.8. The third-order valence-electron chi connectivity index (χ3n) is 4.31. The van der Waals surface area contributed by atoms with E-state index in [0.29, 0.717) is 17.8 Å². The molecule has 24 heavy (non-hydrogen) atoms. The van der Waals surface area contributed by atoms with Crippen LogP contribution >= 0.6 is 11.3 Å². The van der Waals surface area contributed by atoms with E-state index in [2.05, 4.69) is 10.2 Å². The topological polar surface area (TPSA) is 62.6 Å². The van der Waals surface area contributed by atoms with Crippen LogP contribution in [-0.2, 0) is 11.2 Å². The number of nitrogens with zero attached hydrogens (tertiary/aromatic N) is 1. The van der Waals surface area contributed by atoms with Gasteiger partial charge in [0.2, 0.25) is 5.91 Å². The van der Waals surface area contributed by atoms with Gasteiger partial charge in [-0.3, -0.25) is 14.5 Å². The molecule has 0 saturated carbocycles. The fraction of sp³-hybridized carbons (Fsp3) is 0.444. The second-order valence-corrected chi connectivity index (χ2v) is 7.04. The maximum atomic E-state index is 12.2. The molecule has 1 fully saturated rings. The molecule has 1 N–H and O–H groups in total. The summed E-state index contributed by atoms with van der Waals surface area (Å²) in [6, 6.07) is 5.74. The minimum absolute atomic E-state index is 0.0290. The summed E-state index contributed by atoms with van der Waals surface area (Å²) in [5.74, 6) is 0.906. The molecule has 0 aromatic carbocycles. The number of ketones is 1. The van der Waals surface area contributed by atoms with Crippen LogP contribution in [0.1, 0.15) is 46.8 Å². The summed E-state index contributed by atoms with van der Waals surface area (Å²) in [5.41, 5.74) is 0.887. The summed E-state index contributed by atoms with van der Waals surface area (Å²) in [4.78, 5) is 26.6. The Morgan fingerprint density at radius 1 is 1.38 bits per heavy atom. The molecule has 1 atom stereocenters. The molecule has 3 rings (SSSR count). The number of carbonyl (C=O) groups excluding carboxylic acids is 2. The molecule has 0 radical (unpaired) electrons. The summed E-state index contributed by atoms with van der Waals surface area (Å²) >= 11 is 1.39. The van der Waals surface area contributed by atoms with Gasteiger partial charge in [0, 0.05) is 6.54 Å². The van der Waals surface area contributed by atoms with Crippen molar-refractivity contribution in [2.45, 2.75) is 32.2 Å². The molecule has 2 aromatic heterocycles. The van der Waals surface area contributed by atoms with Gasteiger partial charge in [0.25, 0.3) is 0 Å². The van der Waals surface area contributed by atoms with Gasteiger partial charge >= 0.3 is 0 Å². The van der Waals surface area contributed by atoms with Crippen molar-refractivity contribution in [3.8, 4) is 0 Å². The first-order valence-electron chi connectivity index (χ1n) is 8.26. The van der Waals surface area contributed by atoms with Gasteiger partial charge in [-0.1, -0.05) is 0 Å². The van der Waals surface area contributed by atoms with Crippen LogP contribution in [0.15, 0.2) is 34.3 Å². The van der Waals surface area contributed by atoms with Crippen molar-refractivity contribution in [3.63, 3.8) is 0 Å². The van der Waals surface area contributed by atoms with Gasteiger partial charge in [-0.15, -0.1) is 11.3 Å². The number of amides is 1. The number of hydrogen-bond acceptors (Lipinski definition) is 5. The summed E-state index contributed by atoms with van der Waals surface area (Å²) in [5, 5.41) is 4.89. The Morgan fingerprint density at radius 2 is 2.17 bits per heavy atom. The van der Waals surface area contributed by atoms with Crippen molar-refractivity contribution in [1.29, 1.82) is 0 Å². The predicted molar refractivity (Wildman–Crippen MR) is 93.3 cm³/mol. The van der Waals surface area contributed by atoms with Gasteiger partial charge in [-0.2, -0.15) is 0 Å². The largest absolute Gasteiger partial charge is 0.468 e. The zero-order chi connectivity index (χ0) is 16.9. The summed E-state index contributed by atoms with van der Waals surface area (Å²) in [6.07, 6.45) is 4.35. The van der Waals surface area contributed by atoms with E-state index in [1.165, 1.54) is 24.2 Å². The first-order chi connectivity index (χ1) is 11.6. The van der Waals surface area contributed by atoms with Crippen LogP contribution in [0, 0.1) is 0 Å². The fourth-order valence-corrected chi connectivity index (χ4v) is 3.87. The lowest BCUT2D eigenvalue weighted by molar-refractivity contribution is -0.120. The van der Waals surface area contributed by atoms with Crippen LogP contribution in [0.3, 0.4) is 0 Å². The van der Waals surface area contributed by atoms with Gasteiger partial charge < -0.3 is 9.73 Å². The minimum atomic E-state index is -0.0290. The predicted octanol–water partition coefficient (Wildman–Crippen LogP) is 3.04. The van der Waals surface area contributed by atoms with E-state index < -0.39 is 0 Å². The lowest BCUT2D eigenvalue weighted by atomic mass is 10.1. The summed E-state index contributed by atoms with van der Waals surface area (Å²) < 4.78 is 5.56. The Kier molecular flexibility index (Phi) is 5.48. The van der Waals surface area contributed by atoms with Crippen molar-refractivity contribution >= 4 is 23.0 Å². The Hall–Kier alpha value is -1.92. The number of rotatable bonds is 7. The number of nitrogens with one attached hydrogen (secondary N) is 1. The summed E-state index contributed by atoms with van der Waals surface area (Å²) in [7, 11) is 0. The van der Waals surface area contributed by atoms with E-state index in [9.17, 15) is 9.59 Å². The summed E-state index contributed by atoms with van der Waals surface area (Å²) in [6.45, 7) is 4.15. The second-order valence-electron chi connectivity index (χ2n) is 6.13. The molecule has 3 heterocycles. The van der Waals surface area contributed by atoms with E-state index in [-0.39, 0.29) is 17.7 Å². The van der Waals surface area contributed by atoms with Gasteiger partial charge in [0.15, 0.2) is 5.78 Å². The molecule has 0 aliphatic carbocycles. The average Bonchev–Trinajstić information content (AvgIpc) is 3.30. The first-order valence-corrected chi connectivity index (χ1v) is 9.14. The highest BCUT2D eigenvalue weighted by Crippen LogP contribution is 2.25. The van der Waals surface area contributed by atoms with Crippen LogP contribution in [0.4, 0.5) is 0 Å². The zero-order valence-corrected chi connectivity index (χ0v) is 14.6. The molecule has 1 aliphatic rings. The Balaban J connectivity index is 1.57. The quantitative estimate of drug-likeness (QED) is 0.783. The number of hydrogen-bond donors (Lipinski definition) is 1. The normalized spacial score (nSPS) is 16.2. The van der Waals surface area contributed by atoms with E-state index in [1.54, 1.807) is 19.3 Å². The van der Waals surface area contributed by atoms with Crippen molar-refractivity contribution in [1.82, 2.24) is 10.2 Å². The van der Waals surface area contributed by atoms with Gasteiger partial charge in [0.1, 0.15) is 5.76 Å². The van der Waals surface area contributed by atoms with E-state index in [0.717, 1.165) is 24.4 Å². The molecule has 6 heteroatoms. The molecule has 1 aliphatic heterocycles. The van der Waals surface area contributed by atoms with E-state index >= 15 is 0 Å². The van der Waals surface area contributed by atoms with Crippen LogP contribution in [0.25, 0.3) is 0 Å². The van der Waals surface area contributed by atoms with Crippen LogP contribution < -0.4 is 5.32 Å². The molecule has 0 spiro atoms. The van der Waals surface area contributed by atoms with E-state index in [4.69, 9.17) is 4.42 Å². The van der Waals surface area contributed by atoms with Crippen molar-refractivity contribution in [2.75, 3.05) is 19.6 Å². The molecule has 1 unspecified atom stereocenters. The third-order valence-corrected chi connectivity index (χ3v) is 5.39. The highest BCUT2D eigenvalue weighted by atomic mass is 32.1. The SMILES string of the molecule is CC(=O)c1cc(CC(=O)NCC(c2ccco2)N2CCCC2)cs1. The Bertz CT molecular complexity index is 687. The molecule has 0 bridgehead atoms. The third kappa shape index (κ3) is 4.13. The monoisotopic (exact) mass is 346 g/mol. The van der Waals surface area contributed by atoms with Gasteiger partial charge in [-0.25, -0.2) is 0 Å². The van der Waals surface area contributed by atoms with E-state index in [1.807, 2.05) is 17.5 Å². The smallest absolute Gasteiger partial charge is 0.224 e. The van der Waals surface area contributed by atoms with Crippen molar-refractivity contribution in [2.24, 2.45) is 0 Å². The number of carbonyl (C=O) groups is 2. The highest BCUT2D eigenvalue weighted by molar-refractivity contribution is 7.12. The first kappa shape index (κ1) is 16.9. The minimum Gasteiger partial charge on any atom is -0.468 e. The maximum absolute atomic E-state index is 12.2. The van der Waals surface area contributed by atoms with Crippen molar-refractivity contribution in [3.05, 3.63) is 46.0 Å². The van der Waals surface area contributed by atoms with Gasteiger partial charge in [0.05, 0.1) is 23.6 Å². The molecule has 128 valence electrons. The average molecular weight is 346 g/mol. The fourth-order valence-electron chi connectivity index (χ4n) is 3.06. The van der Waals surface area contributed by atoms with Gasteiger partial charge in [-0.05, 0) is 62.0 Å². The number of furan rings is 1. The van der Waals surface area contributed by atoms with Crippen molar-refractivity contribution < 1.29 is 14.0 Å². The molecule has 2 aromatic rings. The number of thiophene rings is 1. The Morgan fingerprint density at radius 3 is 2.79 bits per heavy atom. The second kappa shape index (κ2) is 7.77. The molecular formula is C18H22N2O3S. The molecule has 1 amide bonds. The lowest BCUT2D eigenvalue weighted by Crippen LogP contribution is -2.37. The number of Topliss-reactive ketones (excluding diaryl/α,β-unsaturated/α-hetero) is 1. The lowest BCUT2D eigenvalue weighted by Gasteiger charge is -2.26. The van der Waals surface area contributed by atoms with Crippen LogP contribution in [-0.4, -0.2) is 36.2 Å².